The van der Waals surface area contributed by atoms with Gasteiger partial charge in [-0.25, -0.2) is 0 Å². The lowest BCUT2D eigenvalue weighted by atomic mass is 9.33. The fraction of sp³-hybridized carbons (Fsp3) is 0.0137. The molecule has 0 aromatic heterocycles. The van der Waals surface area contributed by atoms with Crippen LogP contribution in [0.2, 0.25) is 0 Å². The smallest absolute Gasteiger partial charge is 0.256 e. The van der Waals surface area contributed by atoms with Gasteiger partial charge in [-0.2, -0.15) is 0 Å². The Morgan fingerprint density at radius 3 is 1.28 bits per heavy atom. The third-order valence-corrected chi connectivity index (χ3v) is 16.2. The highest BCUT2D eigenvalue weighted by atomic mass is 16.5. The minimum atomic E-state index is -0.693. The normalized spacial score (nSPS) is 13.2. The van der Waals surface area contributed by atoms with Crippen LogP contribution < -0.4 is 26.0 Å². The van der Waals surface area contributed by atoms with E-state index in [9.17, 15) is 0 Å². The van der Waals surface area contributed by atoms with Gasteiger partial charge >= 0.3 is 0 Å². The highest BCUT2D eigenvalue weighted by Gasteiger charge is 2.49. The van der Waals surface area contributed by atoms with Crippen LogP contribution in [0.15, 0.2) is 291 Å². The molecule has 0 saturated carbocycles. The van der Waals surface area contributed by atoms with Crippen molar-refractivity contribution in [2.75, 3.05) is 4.90 Å². The molecule has 15 rings (SSSR count). The zero-order valence-corrected chi connectivity index (χ0v) is 41.6. The maximum absolute atomic E-state index is 7.57. The van der Waals surface area contributed by atoms with Crippen molar-refractivity contribution in [1.29, 1.82) is 0 Å². The second-order valence-corrected chi connectivity index (χ2v) is 20.3. The SMILES string of the molecule is c1ccc(-c2ccc3c(c2)B2c4cc(-c5ccccc5)ccc4N(c4c(-c5ccccc5)cc(-c5ccccc5)cc4-c4ccccc4)c4cc(C5(c6ccccc6)c6ccccc6-c6ccccc65)cc(c42)O3)cc1. The van der Waals surface area contributed by atoms with Gasteiger partial charge in [0.25, 0.3) is 6.71 Å². The molecule has 2 aliphatic heterocycles. The van der Waals surface area contributed by atoms with Crippen LogP contribution in [-0.2, 0) is 5.41 Å². The Morgan fingerprint density at radius 2 is 0.737 bits per heavy atom. The minimum absolute atomic E-state index is 0.179. The molecule has 0 radical (unpaired) electrons. The Hall–Kier alpha value is -9.70. The van der Waals surface area contributed by atoms with Crippen LogP contribution in [0.4, 0.5) is 17.1 Å². The van der Waals surface area contributed by atoms with E-state index in [0.717, 1.165) is 84.0 Å². The molecule has 0 amide bonds. The van der Waals surface area contributed by atoms with Crippen molar-refractivity contribution in [3.05, 3.63) is 313 Å². The van der Waals surface area contributed by atoms with Gasteiger partial charge in [0.1, 0.15) is 11.5 Å². The van der Waals surface area contributed by atoms with E-state index < -0.39 is 5.41 Å². The number of benzene rings is 12. The van der Waals surface area contributed by atoms with Gasteiger partial charge in [-0.1, -0.05) is 255 Å². The monoisotopic (exact) mass is 965 g/mol. The standard InChI is InChI=1S/C73H48BNO/c1-7-23-49(24-8-1)54-39-41-67-65(45-54)74-66-46-55(50-25-9-2-10-26-50)40-42-69(66)76-70-48-58(73(57-33-17-6-18-34-57)63-37-21-19-35-59(63)60-36-20-22-38-64(60)73)47-68(71(70)74)75(67)72-61(52-29-13-4-14-30-52)43-56(51-27-11-3-12-28-51)44-62(72)53-31-15-5-16-32-53/h1-48H. The lowest BCUT2D eigenvalue weighted by Gasteiger charge is -2.43. The molecule has 354 valence electrons. The van der Waals surface area contributed by atoms with E-state index in [1.807, 2.05) is 0 Å². The van der Waals surface area contributed by atoms with Crippen molar-refractivity contribution >= 4 is 40.2 Å². The summed E-state index contributed by atoms with van der Waals surface area (Å²) < 4.78 is 7.57. The van der Waals surface area contributed by atoms with E-state index in [1.54, 1.807) is 0 Å². The third-order valence-electron chi connectivity index (χ3n) is 16.2. The molecule has 0 unspecified atom stereocenters. The highest BCUT2D eigenvalue weighted by molar-refractivity contribution is 6.99. The molecular weight excluding hydrogens is 918 g/mol. The molecule has 12 aromatic carbocycles. The molecule has 0 N–H and O–H groups in total. The van der Waals surface area contributed by atoms with E-state index >= 15 is 0 Å². The Balaban J connectivity index is 1.11. The van der Waals surface area contributed by atoms with Crippen LogP contribution in [0.3, 0.4) is 0 Å². The van der Waals surface area contributed by atoms with Gasteiger partial charge in [-0.05, 0) is 131 Å². The first-order valence-electron chi connectivity index (χ1n) is 26.3. The Bertz CT molecular complexity index is 4070. The summed E-state index contributed by atoms with van der Waals surface area (Å²) in [4.78, 5) is 2.61. The molecule has 76 heavy (non-hydrogen) atoms. The molecule has 0 saturated heterocycles. The molecule has 0 spiro atoms. The summed E-state index contributed by atoms with van der Waals surface area (Å²) in [5.74, 6) is 1.73. The molecule has 0 atom stereocenters. The summed E-state index contributed by atoms with van der Waals surface area (Å²) >= 11 is 0. The highest BCUT2D eigenvalue weighted by Crippen LogP contribution is 2.58. The molecule has 2 heterocycles. The number of fused-ring (bicyclic) bond motifs is 7. The van der Waals surface area contributed by atoms with Crippen molar-refractivity contribution in [3.8, 4) is 78.3 Å². The van der Waals surface area contributed by atoms with Gasteiger partial charge in [0, 0.05) is 22.5 Å². The van der Waals surface area contributed by atoms with E-state index in [1.165, 1.54) is 50.0 Å². The number of nitrogens with zero attached hydrogens (tertiary/aromatic N) is 1. The van der Waals surface area contributed by atoms with Gasteiger partial charge in [0.15, 0.2) is 0 Å². The molecule has 0 fully saturated rings. The van der Waals surface area contributed by atoms with Gasteiger partial charge in [0.2, 0.25) is 0 Å². The molecule has 1 aliphatic carbocycles. The average molecular weight is 966 g/mol. The lowest BCUT2D eigenvalue weighted by Crippen LogP contribution is -2.59. The van der Waals surface area contributed by atoms with E-state index in [4.69, 9.17) is 4.74 Å². The number of ether oxygens (including phenoxy) is 1. The number of hydrogen-bond donors (Lipinski definition) is 0. The summed E-state index contributed by atoms with van der Waals surface area (Å²) in [5, 5.41) is 0. The molecule has 12 aromatic rings. The van der Waals surface area contributed by atoms with Gasteiger partial charge in [-0.3, -0.25) is 0 Å². The largest absolute Gasteiger partial charge is 0.458 e. The molecule has 0 bridgehead atoms. The van der Waals surface area contributed by atoms with Crippen LogP contribution in [0.1, 0.15) is 22.3 Å². The zero-order chi connectivity index (χ0) is 50.2. The maximum atomic E-state index is 7.57. The summed E-state index contributed by atoms with van der Waals surface area (Å²) in [6.07, 6.45) is 0. The number of rotatable bonds is 8. The summed E-state index contributed by atoms with van der Waals surface area (Å²) in [6, 6.07) is 107. The Labute approximate surface area is 444 Å². The molecule has 3 aliphatic rings. The zero-order valence-electron chi connectivity index (χ0n) is 41.6. The predicted molar refractivity (Wildman–Crippen MR) is 317 cm³/mol. The third kappa shape index (κ3) is 6.83. The second-order valence-electron chi connectivity index (χ2n) is 20.3. The quantitative estimate of drug-likeness (QED) is 0.141. The Morgan fingerprint density at radius 1 is 0.289 bits per heavy atom. The first-order valence-corrected chi connectivity index (χ1v) is 26.3. The summed E-state index contributed by atoms with van der Waals surface area (Å²) in [7, 11) is 0. The van der Waals surface area contributed by atoms with Gasteiger partial charge in [0.05, 0.1) is 11.1 Å². The van der Waals surface area contributed by atoms with Crippen molar-refractivity contribution in [1.82, 2.24) is 0 Å². The number of anilines is 3. The Kier molecular flexibility index (Phi) is 10.2. The predicted octanol–water partition coefficient (Wildman–Crippen LogP) is 16.8. The molecular formula is C73H48BNO. The van der Waals surface area contributed by atoms with Crippen LogP contribution in [0.5, 0.6) is 11.5 Å². The van der Waals surface area contributed by atoms with Crippen molar-refractivity contribution < 1.29 is 4.74 Å². The van der Waals surface area contributed by atoms with Gasteiger partial charge < -0.3 is 9.64 Å². The fourth-order valence-electron chi connectivity index (χ4n) is 12.9. The fourth-order valence-corrected chi connectivity index (χ4v) is 12.9. The topological polar surface area (TPSA) is 12.5 Å². The second kappa shape index (κ2) is 17.8. The molecule has 3 heteroatoms. The molecule has 2 nitrogen and oxygen atoms in total. The van der Waals surface area contributed by atoms with Crippen molar-refractivity contribution in [2.24, 2.45) is 0 Å². The van der Waals surface area contributed by atoms with Crippen LogP contribution >= 0.6 is 0 Å². The van der Waals surface area contributed by atoms with Gasteiger partial charge in [-0.15, -0.1) is 0 Å². The summed E-state index contributed by atoms with van der Waals surface area (Å²) in [5.41, 5.74) is 25.0. The van der Waals surface area contributed by atoms with Crippen LogP contribution in [0, 0.1) is 0 Å². The lowest BCUT2D eigenvalue weighted by molar-refractivity contribution is 0.486. The first kappa shape index (κ1) is 43.8. The van der Waals surface area contributed by atoms with Crippen molar-refractivity contribution in [2.45, 2.75) is 5.41 Å². The summed E-state index contributed by atoms with van der Waals surface area (Å²) in [6.45, 7) is -0.179. The van der Waals surface area contributed by atoms with Crippen LogP contribution in [-0.4, -0.2) is 6.71 Å². The first-order chi connectivity index (χ1) is 37.7. The van der Waals surface area contributed by atoms with Crippen molar-refractivity contribution in [3.63, 3.8) is 0 Å². The maximum Gasteiger partial charge on any atom is 0.256 e. The van der Waals surface area contributed by atoms with Crippen LogP contribution in [0.25, 0.3) is 66.8 Å². The van der Waals surface area contributed by atoms with E-state index in [0.29, 0.717) is 0 Å². The van der Waals surface area contributed by atoms with E-state index in [-0.39, 0.29) is 6.71 Å². The van der Waals surface area contributed by atoms with E-state index in [2.05, 4.69) is 296 Å². The average Bonchev–Trinajstić information content (AvgIpc) is 4.02. The minimum Gasteiger partial charge on any atom is -0.458 e. The number of hydrogen-bond acceptors (Lipinski definition) is 2.